The first-order chi connectivity index (χ1) is 7.09. The third kappa shape index (κ3) is 1.72. The first kappa shape index (κ1) is 10.1. The number of fused-ring (bicyclic) bond motifs is 1. The molecule has 0 saturated carbocycles. The molecule has 0 aliphatic carbocycles. The van der Waals surface area contributed by atoms with Crippen LogP contribution in [-0.2, 0) is 0 Å². The fourth-order valence-corrected chi connectivity index (χ4v) is 1.49. The quantitative estimate of drug-likeness (QED) is 0.829. The number of furan rings is 1. The number of benzene rings is 1. The molecular weight excluding hydrogens is 200 g/mol. The predicted octanol–water partition coefficient (Wildman–Crippen LogP) is 2.93. The molecule has 1 aromatic carbocycles. The molecule has 0 aliphatic heterocycles. The van der Waals surface area contributed by atoms with E-state index >= 15 is 0 Å². The molecule has 0 amide bonds. The Bertz CT molecular complexity index is 478. The molecule has 0 radical (unpaired) electrons. The number of hydrogen-bond acceptors (Lipinski definition) is 2. The van der Waals surface area contributed by atoms with Crippen LogP contribution in [-0.4, -0.2) is 6.04 Å². The summed E-state index contributed by atoms with van der Waals surface area (Å²) < 4.78 is 31.5. The van der Waals surface area contributed by atoms with Crippen molar-refractivity contribution in [2.24, 2.45) is 5.73 Å². The lowest BCUT2D eigenvalue weighted by atomic mass is 10.0. The molecule has 2 rings (SSSR count). The van der Waals surface area contributed by atoms with E-state index in [2.05, 4.69) is 0 Å². The maximum atomic E-state index is 13.5. The van der Waals surface area contributed by atoms with Gasteiger partial charge in [-0.1, -0.05) is 6.07 Å². The van der Waals surface area contributed by atoms with Gasteiger partial charge in [-0.25, -0.2) is 8.78 Å². The van der Waals surface area contributed by atoms with Crippen molar-refractivity contribution in [3.8, 4) is 0 Å². The average Bonchev–Trinajstić information content (AvgIpc) is 2.59. The Morgan fingerprint density at radius 2 is 2.13 bits per heavy atom. The maximum absolute atomic E-state index is 13.5. The molecule has 1 aromatic heterocycles. The van der Waals surface area contributed by atoms with Gasteiger partial charge in [0.1, 0.15) is 18.0 Å². The fourth-order valence-electron chi connectivity index (χ4n) is 1.49. The van der Waals surface area contributed by atoms with Gasteiger partial charge in [0.2, 0.25) is 0 Å². The van der Waals surface area contributed by atoms with Crippen molar-refractivity contribution in [3.63, 3.8) is 0 Å². The molecule has 0 aliphatic rings. The van der Waals surface area contributed by atoms with Crippen LogP contribution >= 0.6 is 0 Å². The highest BCUT2D eigenvalue weighted by atomic mass is 19.1. The van der Waals surface area contributed by atoms with Crippen LogP contribution in [0.1, 0.15) is 18.7 Å². The molecule has 0 spiro atoms. The Morgan fingerprint density at radius 1 is 1.40 bits per heavy atom. The van der Waals surface area contributed by atoms with Crippen molar-refractivity contribution >= 4 is 11.0 Å². The topological polar surface area (TPSA) is 39.2 Å². The first-order valence-electron chi connectivity index (χ1n) is 4.66. The van der Waals surface area contributed by atoms with E-state index in [-0.39, 0.29) is 0 Å². The lowest BCUT2D eigenvalue weighted by Crippen LogP contribution is -2.21. The zero-order valence-corrected chi connectivity index (χ0v) is 8.21. The zero-order valence-electron chi connectivity index (χ0n) is 8.21. The molecule has 0 fully saturated rings. The second-order valence-electron chi connectivity index (χ2n) is 3.60. The van der Waals surface area contributed by atoms with Crippen LogP contribution in [0.3, 0.4) is 0 Å². The van der Waals surface area contributed by atoms with Crippen molar-refractivity contribution in [1.29, 1.82) is 0 Å². The van der Waals surface area contributed by atoms with E-state index in [1.54, 1.807) is 6.92 Å². The second-order valence-corrected chi connectivity index (χ2v) is 3.60. The summed E-state index contributed by atoms with van der Waals surface area (Å²) in [5, 5.41) is 0.357. The van der Waals surface area contributed by atoms with E-state index in [1.165, 1.54) is 18.2 Å². The maximum Gasteiger partial charge on any atom is 0.169 e. The van der Waals surface area contributed by atoms with Gasteiger partial charge in [-0.15, -0.1) is 0 Å². The molecule has 2 nitrogen and oxygen atoms in total. The molecule has 0 bridgehead atoms. The SMILES string of the molecule is CC(N)C(F)c1ccc2c(F)coc2c1. The minimum Gasteiger partial charge on any atom is -0.461 e. The summed E-state index contributed by atoms with van der Waals surface area (Å²) in [5.74, 6) is -0.437. The van der Waals surface area contributed by atoms with E-state index in [1.807, 2.05) is 0 Å². The molecule has 15 heavy (non-hydrogen) atoms. The lowest BCUT2D eigenvalue weighted by Gasteiger charge is -2.11. The molecule has 2 aromatic rings. The van der Waals surface area contributed by atoms with E-state index in [0.29, 0.717) is 16.5 Å². The highest BCUT2D eigenvalue weighted by Crippen LogP contribution is 2.26. The van der Waals surface area contributed by atoms with Gasteiger partial charge in [0.15, 0.2) is 5.82 Å². The van der Waals surface area contributed by atoms with Crippen LogP contribution in [0.25, 0.3) is 11.0 Å². The summed E-state index contributed by atoms with van der Waals surface area (Å²) >= 11 is 0. The number of alkyl halides is 1. The number of hydrogen-bond donors (Lipinski definition) is 1. The van der Waals surface area contributed by atoms with Gasteiger partial charge in [0, 0.05) is 6.04 Å². The summed E-state index contributed by atoms with van der Waals surface area (Å²) in [4.78, 5) is 0. The molecule has 2 N–H and O–H groups in total. The zero-order chi connectivity index (χ0) is 11.0. The minimum atomic E-state index is -1.26. The van der Waals surface area contributed by atoms with Crippen LogP contribution in [0.4, 0.5) is 8.78 Å². The highest BCUT2D eigenvalue weighted by Gasteiger charge is 2.16. The van der Waals surface area contributed by atoms with Gasteiger partial charge in [0.05, 0.1) is 5.39 Å². The molecule has 2 unspecified atom stereocenters. The van der Waals surface area contributed by atoms with Gasteiger partial charge in [-0.3, -0.25) is 0 Å². The summed E-state index contributed by atoms with van der Waals surface area (Å²) in [5.41, 5.74) is 6.19. The molecule has 2 atom stereocenters. The summed E-state index contributed by atoms with van der Waals surface area (Å²) in [6.45, 7) is 1.58. The van der Waals surface area contributed by atoms with Crippen LogP contribution in [0, 0.1) is 5.82 Å². The van der Waals surface area contributed by atoms with E-state index in [0.717, 1.165) is 6.26 Å². The van der Waals surface area contributed by atoms with Gasteiger partial charge in [-0.2, -0.15) is 0 Å². The van der Waals surface area contributed by atoms with E-state index in [4.69, 9.17) is 10.2 Å². The van der Waals surface area contributed by atoms with E-state index in [9.17, 15) is 8.78 Å². The highest BCUT2D eigenvalue weighted by molar-refractivity contribution is 5.78. The molecule has 1 heterocycles. The van der Waals surface area contributed by atoms with Crippen molar-refractivity contribution in [3.05, 3.63) is 35.8 Å². The van der Waals surface area contributed by atoms with Crippen molar-refractivity contribution in [1.82, 2.24) is 0 Å². The predicted molar refractivity (Wildman–Crippen MR) is 53.7 cm³/mol. The van der Waals surface area contributed by atoms with Crippen molar-refractivity contribution in [2.45, 2.75) is 19.1 Å². The summed E-state index contributed by atoms with van der Waals surface area (Å²) in [7, 11) is 0. The second kappa shape index (κ2) is 3.62. The fraction of sp³-hybridized carbons (Fsp3) is 0.273. The van der Waals surface area contributed by atoms with Crippen LogP contribution in [0.5, 0.6) is 0 Å². The van der Waals surface area contributed by atoms with Gasteiger partial charge in [0.25, 0.3) is 0 Å². The van der Waals surface area contributed by atoms with Gasteiger partial charge in [-0.05, 0) is 24.6 Å². The number of nitrogens with two attached hydrogens (primary N) is 1. The normalized spacial score (nSPS) is 15.5. The van der Waals surface area contributed by atoms with Gasteiger partial charge < -0.3 is 10.2 Å². The molecule has 4 heteroatoms. The van der Waals surface area contributed by atoms with Crippen LogP contribution < -0.4 is 5.73 Å². The van der Waals surface area contributed by atoms with E-state index < -0.39 is 18.0 Å². The molecular formula is C11H11F2NO. The average molecular weight is 211 g/mol. The standard InChI is InChI=1S/C11H11F2NO/c1-6(14)11(13)7-2-3-8-9(12)5-15-10(8)4-7/h2-6,11H,14H2,1H3. The Kier molecular flexibility index (Phi) is 2.44. The largest absolute Gasteiger partial charge is 0.461 e. The first-order valence-corrected chi connectivity index (χ1v) is 4.66. The van der Waals surface area contributed by atoms with Crippen LogP contribution in [0.15, 0.2) is 28.9 Å². The lowest BCUT2D eigenvalue weighted by molar-refractivity contribution is 0.300. The smallest absolute Gasteiger partial charge is 0.169 e. The van der Waals surface area contributed by atoms with Gasteiger partial charge >= 0.3 is 0 Å². The van der Waals surface area contributed by atoms with Crippen molar-refractivity contribution < 1.29 is 13.2 Å². The monoisotopic (exact) mass is 211 g/mol. The summed E-state index contributed by atoms with van der Waals surface area (Å²) in [6, 6.07) is 3.90. The Morgan fingerprint density at radius 3 is 2.80 bits per heavy atom. The molecule has 0 saturated heterocycles. The Labute approximate surface area is 85.7 Å². The molecule has 80 valence electrons. The Balaban J connectivity index is 2.47. The Hall–Kier alpha value is -1.42. The van der Waals surface area contributed by atoms with Crippen LogP contribution in [0.2, 0.25) is 0 Å². The summed E-state index contributed by atoms with van der Waals surface area (Å²) in [6.07, 6.45) is -0.254. The third-order valence-electron chi connectivity index (χ3n) is 2.33. The number of rotatable bonds is 2. The van der Waals surface area contributed by atoms with Crippen molar-refractivity contribution in [2.75, 3.05) is 0 Å². The third-order valence-corrected chi connectivity index (χ3v) is 2.33. The minimum absolute atomic E-state index is 0.341. The number of halogens is 2.